The van der Waals surface area contributed by atoms with Gasteiger partial charge in [0.05, 0.1) is 31.4 Å². The zero-order valence-electron chi connectivity index (χ0n) is 18.5. The van der Waals surface area contributed by atoms with Crippen LogP contribution in [0.3, 0.4) is 0 Å². The van der Waals surface area contributed by atoms with Crippen molar-refractivity contribution >= 4 is 40.1 Å². The van der Waals surface area contributed by atoms with Crippen molar-refractivity contribution in [3.8, 4) is 11.5 Å². The Labute approximate surface area is 195 Å². The van der Waals surface area contributed by atoms with Gasteiger partial charge in [0, 0.05) is 29.7 Å². The van der Waals surface area contributed by atoms with E-state index in [1.807, 2.05) is 6.92 Å². The lowest BCUT2D eigenvalue weighted by atomic mass is 10.2. The number of rotatable bonds is 9. The van der Waals surface area contributed by atoms with Gasteiger partial charge in [0.2, 0.25) is 0 Å². The lowest BCUT2D eigenvalue weighted by Crippen LogP contribution is -2.22. The van der Waals surface area contributed by atoms with E-state index in [-0.39, 0.29) is 18.5 Å². The largest absolute Gasteiger partial charge is 0.493 e. The molecule has 0 fully saturated rings. The van der Waals surface area contributed by atoms with Crippen molar-refractivity contribution in [2.45, 2.75) is 26.3 Å². The molecule has 3 rings (SSSR count). The molecule has 0 atom stereocenters. The summed E-state index contributed by atoms with van der Waals surface area (Å²) in [5.74, 6) is -0.105. The fraction of sp³-hybridized carbons (Fsp3) is 0.304. The summed E-state index contributed by atoms with van der Waals surface area (Å²) in [6, 6.07) is 8.32. The number of nitrogens with zero attached hydrogens (tertiary/aromatic N) is 2. The number of benzene rings is 2. The second-order valence-corrected chi connectivity index (χ2v) is 7.65. The molecule has 0 unspecified atom stereocenters. The summed E-state index contributed by atoms with van der Waals surface area (Å²) in [6.07, 6.45) is 1.80. The Balaban J connectivity index is 1.51. The smallest absolute Gasteiger partial charge is 0.306 e. The minimum atomic E-state index is -0.541. The fourth-order valence-electron chi connectivity index (χ4n) is 3.12. The average Bonchev–Trinajstić information content (AvgIpc) is 2.81. The van der Waals surface area contributed by atoms with Crippen LogP contribution < -0.4 is 20.3 Å². The molecule has 0 radical (unpaired) electrons. The third kappa shape index (κ3) is 6.01. The van der Waals surface area contributed by atoms with Crippen LogP contribution in [-0.4, -0.2) is 42.3 Å². The second-order valence-electron chi connectivity index (χ2n) is 7.24. The first kappa shape index (κ1) is 24.1. The van der Waals surface area contributed by atoms with Gasteiger partial charge in [-0.3, -0.25) is 19.0 Å². The molecule has 0 saturated heterocycles. The van der Waals surface area contributed by atoms with Crippen molar-refractivity contribution in [2.75, 3.05) is 26.1 Å². The van der Waals surface area contributed by atoms with Crippen molar-refractivity contribution in [1.82, 2.24) is 9.55 Å². The van der Waals surface area contributed by atoms with Gasteiger partial charge in [-0.1, -0.05) is 17.7 Å². The molecule has 3 aromatic rings. The highest BCUT2D eigenvalue weighted by Crippen LogP contribution is 2.29. The molecule has 0 spiro atoms. The number of aryl methyl sites for hydroxylation is 2. The van der Waals surface area contributed by atoms with E-state index in [1.54, 1.807) is 30.3 Å². The Hall–Kier alpha value is -3.59. The summed E-state index contributed by atoms with van der Waals surface area (Å²) in [6.45, 7) is 1.70. The van der Waals surface area contributed by atoms with Gasteiger partial charge in [-0.05, 0) is 37.1 Å². The maximum Gasteiger partial charge on any atom is 0.306 e. The van der Waals surface area contributed by atoms with E-state index in [2.05, 4.69) is 10.3 Å². The van der Waals surface area contributed by atoms with E-state index in [0.717, 1.165) is 5.56 Å². The van der Waals surface area contributed by atoms with Crippen LogP contribution >= 0.6 is 11.6 Å². The summed E-state index contributed by atoms with van der Waals surface area (Å²) in [5.41, 5.74) is 1.63. The number of hydrogen-bond acceptors (Lipinski definition) is 7. The molecule has 10 heteroatoms. The molecule has 0 aliphatic heterocycles. The van der Waals surface area contributed by atoms with Crippen LogP contribution in [0.15, 0.2) is 41.5 Å². The first-order chi connectivity index (χ1) is 15.8. The Morgan fingerprint density at radius 2 is 1.85 bits per heavy atom. The number of carbonyl (C=O) groups excluding carboxylic acids is 2. The molecular weight excluding hydrogens is 450 g/mol. The molecule has 174 valence electrons. The zero-order chi connectivity index (χ0) is 24.0. The Kier molecular flexibility index (Phi) is 7.89. The number of esters is 1. The number of amides is 1. The highest BCUT2D eigenvalue weighted by molar-refractivity contribution is 6.31. The Morgan fingerprint density at radius 3 is 2.55 bits per heavy atom. The van der Waals surface area contributed by atoms with E-state index in [9.17, 15) is 14.4 Å². The van der Waals surface area contributed by atoms with Gasteiger partial charge >= 0.3 is 5.97 Å². The first-order valence-electron chi connectivity index (χ1n) is 10.1. The third-order valence-electron chi connectivity index (χ3n) is 4.93. The second kappa shape index (κ2) is 10.8. The fourth-order valence-corrected chi connectivity index (χ4v) is 3.30. The normalized spacial score (nSPS) is 10.7. The maximum absolute atomic E-state index is 12.8. The number of methoxy groups -OCH3 is 2. The molecule has 33 heavy (non-hydrogen) atoms. The summed E-state index contributed by atoms with van der Waals surface area (Å²) in [5, 5.41) is 3.52. The van der Waals surface area contributed by atoms with Crippen molar-refractivity contribution in [2.24, 2.45) is 0 Å². The molecule has 0 bridgehead atoms. The summed E-state index contributed by atoms with van der Waals surface area (Å²) in [7, 11) is 2.99. The number of halogens is 1. The zero-order valence-corrected chi connectivity index (χ0v) is 19.3. The highest BCUT2D eigenvalue weighted by Gasteiger charge is 2.12. The monoisotopic (exact) mass is 473 g/mol. The highest BCUT2D eigenvalue weighted by atomic mass is 35.5. The topological polar surface area (TPSA) is 109 Å². The predicted octanol–water partition coefficient (Wildman–Crippen LogP) is 3.34. The first-order valence-corrected chi connectivity index (χ1v) is 10.5. The third-order valence-corrected chi connectivity index (χ3v) is 5.34. The Bertz CT molecular complexity index is 1240. The summed E-state index contributed by atoms with van der Waals surface area (Å²) < 4.78 is 16.9. The number of anilines is 1. The quantitative estimate of drug-likeness (QED) is 0.475. The molecule has 1 amide bonds. The minimum absolute atomic E-state index is 0.0417. The number of hydrogen-bond donors (Lipinski definition) is 1. The van der Waals surface area contributed by atoms with E-state index < -0.39 is 18.5 Å². The average molecular weight is 474 g/mol. The molecule has 9 nitrogen and oxygen atoms in total. The van der Waals surface area contributed by atoms with Gasteiger partial charge in [-0.25, -0.2) is 4.98 Å². The number of nitrogens with one attached hydrogen (secondary N) is 1. The molecule has 1 aromatic heterocycles. The molecule has 1 heterocycles. The van der Waals surface area contributed by atoms with Crippen molar-refractivity contribution in [3.63, 3.8) is 0 Å². The van der Waals surface area contributed by atoms with Crippen molar-refractivity contribution < 1.29 is 23.8 Å². The van der Waals surface area contributed by atoms with Gasteiger partial charge in [0.1, 0.15) is 0 Å². The lowest BCUT2D eigenvalue weighted by molar-refractivity contribution is -0.147. The van der Waals surface area contributed by atoms with Gasteiger partial charge in [-0.2, -0.15) is 0 Å². The standard InChI is InChI=1S/C23H24ClN3O6/c1-14-6-7-15(9-17(14)24)26-21(28)12-33-22(29)5-4-8-27-13-25-18-11-20(32-3)19(31-2)10-16(18)23(27)30/h6-7,9-11,13H,4-5,8,12H2,1-3H3,(H,26,28). The van der Waals surface area contributed by atoms with Crippen LogP contribution in [0.1, 0.15) is 18.4 Å². The van der Waals surface area contributed by atoms with Crippen molar-refractivity contribution in [3.05, 3.63) is 57.6 Å². The van der Waals surface area contributed by atoms with Crippen molar-refractivity contribution in [1.29, 1.82) is 0 Å². The number of ether oxygens (including phenoxy) is 3. The van der Waals surface area contributed by atoms with Gasteiger partial charge in [0.15, 0.2) is 18.1 Å². The predicted molar refractivity (Wildman–Crippen MR) is 124 cm³/mol. The van der Waals surface area contributed by atoms with Crippen LogP contribution in [0.4, 0.5) is 5.69 Å². The molecule has 2 aromatic carbocycles. The van der Waals surface area contributed by atoms with E-state index in [1.165, 1.54) is 25.1 Å². The molecule has 1 N–H and O–H groups in total. The minimum Gasteiger partial charge on any atom is -0.493 e. The molecule has 0 aliphatic carbocycles. The van der Waals surface area contributed by atoms with Gasteiger partial charge < -0.3 is 19.5 Å². The van der Waals surface area contributed by atoms with Crippen LogP contribution in [-0.2, 0) is 20.9 Å². The summed E-state index contributed by atoms with van der Waals surface area (Å²) in [4.78, 5) is 41.0. The Morgan fingerprint density at radius 1 is 1.12 bits per heavy atom. The lowest BCUT2D eigenvalue weighted by Gasteiger charge is -2.10. The molecule has 0 aliphatic rings. The van der Waals surface area contributed by atoms with Gasteiger partial charge in [-0.15, -0.1) is 0 Å². The maximum atomic E-state index is 12.8. The van der Waals surface area contributed by atoms with Crippen LogP contribution in [0, 0.1) is 6.92 Å². The van der Waals surface area contributed by atoms with Crippen LogP contribution in [0.25, 0.3) is 10.9 Å². The number of fused-ring (bicyclic) bond motifs is 1. The number of carbonyl (C=O) groups is 2. The SMILES string of the molecule is COc1cc2ncn(CCCC(=O)OCC(=O)Nc3ccc(C)c(Cl)c3)c(=O)c2cc1OC. The van der Waals surface area contributed by atoms with Crippen LogP contribution in [0.5, 0.6) is 11.5 Å². The van der Waals surface area contributed by atoms with Gasteiger partial charge in [0.25, 0.3) is 11.5 Å². The van der Waals surface area contributed by atoms with E-state index in [0.29, 0.717) is 39.5 Å². The summed E-state index contributed by atoms with van der Waals surface area (Å²) >= 11 is 6.03. The molecular formula is C23H24ClN3O6. The van der Waals surface area contributed by atoms with E-state index in [4.69, 9.17) is 25.8 Å². The number of aromatic nitrogens is 2. The van der Waals surface area contributed by atoms with Crippen LogP contribution in [0.2, 0.25) is 5.02 Å². The molecule has 0 saturated carbocycles. The van der Waals surface area contributed by atoms with E-state index >= 15 is 0 Å².